The standard InChI is InChI=1S/C55H37NO/c1-4-17-38(18-5-1)40-21-14-25-43(35-40)56(44-26-15-22-41(36-44)39-19-6-2-7-20-39)45-33-34-48-49-29-16-32-52(54(49)57-53(48)37-45)55(42-23-8-3-9-24-42)50-30-12-10-27-46(50)47-28-11-13-31-51(47)55/h1-37H. The molecule has 268 valence electrons. The van der Waals surface area contributed by atoms with Gasteiger partial charge in [-0.3, -0.25) is 0 Å². The Bertz CT molecular complexity index is 2940. The fourth-order valence-electron chi connectivity index (χ4n) is 9.26. The third kappa shape index (κ3) is 5.26. The van der Waals surface area contributed by atoms with E-state index in [1.807, 2.05) is 0 Å². The van der Waals surface area contributed by atoms with Gasteiger partial charge in [0.15, 0.2) is 0 Å². The fourth-order valence-corrected chi connectivity index (χ4v) is 9.26. The van der Waals surface area contributed by atoms with Crippen molar-refractivity contribution in [1.29, 1.82) is 0 Å². The summed E-state index contributed by atoms with van der Waals surface area (Å²) in [5.74, 6) is 0. The van der Waals surface area contributed by atoms with Crippen LogP contribution in [0.2, 0.25) is 0 Å². The zero-order valence-electron chi connectivity index (χ0n) is 31.2. The predicted octanol–water partition coefficient (Wildman–Crippen LogP) is 14.8. The molecular formula is C55H37NO. The first kappa shape index (κ1) is 33.0. The Kier molecular flexibility index (Phi) is 7.75. The normalized spacial score (nSPS) is 12.7. The maximum absolute atomic E-state index is 7.19. The van der Waals surface area contributed by atoms with E-state index < -0.39 is 5.41 Å². The molecule has 0 saturated heterocycles. The number of fused-ring (bicyclic) bond motifs is 6. The van der Waals surface area contributed by atoms with Gasteiger partial charge in [-0.05, 0) is 86.5 Å². The maximum Gasteiger partial charge on any atom is 0.140 e. The van der Waals surface area contributed by atoms with Crippen LogP contribution in [0, 0.1) is 0 Å². The van der Waals surface area contributed by atoms with Crippen LogP contribution >= 0.6 is 0 Å². The Labute approximate surface area is 332 Å². The number of furan rings is 1. The number of nitrogens with zero attached hydrogens (tertiary/aromatic N) is 1. The number of hydrogen-bond acceptors (Lipinski definition) is 2. The van der Waals surface area contributed by atoms with Crippen molar-refractivity contribution in [3.05, 3.63) is 247 Å². The summed E-state index contributed by atoms with van der Waals surface area (Å²) >= 11 is 0. The summed E-state index contributed by atoms with van der Waals surface area (Å²) in [6.45, 7) is 0. The van der Waals surface area contributed by atoms with Gasteiger partial charge in [0.25, 0.3) is 0 Å². The molecule has 57 heavy (non-hydrogen) atoms. The van der Waals surface area contributed by atoms with Crippen LogP contribution in [0.3, 0.4) is 0 Å². The molecule has 1 aliphatic carbocycles. The molecule has 10 aromatic rings. The Morgan fingerprint density at radius 2 is 0.807 bits per heavy atom. The molecular weight excluding hydrogens is 691 g/mol. The van der Waals surface area contributed by atoms with Gasteiger partial charge in [0.1, 0.15) is 11.2 Å². The van der Waals surface area contributed by atoms with Crippen molar-refractivity contribution in [1.82, 2.24) is 0 Å². The summed E-state index contributed by atoms with van der Waals surface area (Å²) in [5.41, 5.74) is 16.5. The van der Waals surface area contributed by atoms with Crippen molar-refractivity contribution in [3.63, 3.8) is 0 Å². The van der Waals surface area contributed by atoms with Crippen molar-refractivity contribution >= 4 is 39.0 Å². The lowest BCUT2D eigenvalue weighted by atomic mass is 9.67. The van der Waals surface area contributed by atoms with Gasteiger partial charge in [0.2, 0.25) is 0 Å². The lowest BCUT2D eigenvalue weighted by Crippen LogP contribution is -2.28. The topological polar surface area (TPSA) is 16.4 Å². The van der Waals surface area contributed by atoms with Gasteiger partial charge < -0.3 is 9.32 Å². The molecule has 0 fully saturated rings. The number of hydrogen-bond donors (Lipinski definition) is 0. The number of benzene rings is 9. The van der Waals surface area contributed by atoms with Crippen molar-refractivity contribution in [3.8, 4) is 33.4 Å². The highest BCUT2D eigenvalue weighted by atomic mass is 16.3. The van der Waals surface area contributed by atoms with Crippen molar-refractivity contribution in [2.45, 2.75) is 5.41 Å². The van der Waals surface area contributed by atoms with Crippen LogP contribution in [0.25, 0.3) is 55.3 Å². The molecule has 11 rings (SSSR count). The van der Waals surface area contributed by atoms with Gasteiger partial charge in [-0.1, -0.05) is 182 Å². The summed E-state index contributed by atoms with van der Waals surface area (Å²) in [6.07, 6.45) is 0. The van der Waals surface area contributed by atoms with Crippen LogP contribution in [0.5, 0.6) is 0 Å². The molecule has 0 radical (unpaired) electrons. The molecule has 2 nitrogen and oxygen atoms in total. The molecule has 1 aliphatic rings. The molecule has 1 aromatic heterocycles. The van der Waals surface area contributed by atoms with E-state index in [2.05, 4.69) is 229 Å². The lowest BCUT2D eigenvalue weighted by molar-refractivity contribution is 0.648. The first-order valence-corrected chi connectivity index (χ1v) is 19.6. The van der Waals surface area contributed by atoms with Gasteiger partial charge in [-0.25, -0.2) is 0 Å². The first-order valence-electron chi connectivity index (χ1n) is 19.6. The Balaban J connectivity index is 1.13. The molecule has 0 unspecified atom stereocenters. The molecule has 0 spiro atoms. The third-order valence-electron chi connectivity index (χ3n) is 11.7. The van der Waals surface area contributed by atoms with Crippen LogP contribution in [-0.4, -0.2) is 0 Å². The SMILES string of the molecule is c1ccc(-c2cccc(N(c3cccc(-c4ccccc4)c3)c3ccc4c(c3)oc3c(C5(c6ccccc6)c6ccccc6-c6ccccc65)cccc34)c2)cc1. The van der Waals surface area contributed by atoms with Gasteiger partial charge in [-0.2, -0.15) is 0 Å². The molecule has 0 N–H and O–H groups in total. The summed E-state index contributed by atoms with van der Waals surface area (Å²) in [7, 11) is 0. The van der Waals surface area contributed by atoms with Gasteiger partial charge in [0, 0.05) is 39.5 Å². The van der Waals surface area contributed by atoms with Gasteiger partial charge in [0.05, 0.1) is 5.41 Å². The van der Waals surface area contributed by atoms with Crippen LogP contribution < -0.4 is 4.90 Å². The summed E-state index contributed by atoms with van der Waals surface area (Å²) < 4.78 is 7.19. The highest BCUT2D eigenvalue weighted by molar-refractivity contribution is 6.08. The summed E-state index contributed by atoms with van der Waals surface area (Å²) in [5, 5.41) is 2.20. The largest absolute Gasteiger partial charge is 0.456 e. The second-order valence-electron chi connectivity index (χ2n) is 14.8. The van der Waals surface area contributed by atoms with E-state index in [1.165, 1.54) is 38.9 Å². The molecule has 9 aromatic carbocycles. The highest BCUT2D eigenvalue weighted by Gasteiger charge is 2.47. The molecule has 1 heterocycles. The monoisotopic (exact) mass is 727 g/mol. The molecule has 2 heteroatoms. The zero-order chi connectivity index (χ0) is 37.8. The Morgan fingerprint density at radius 1 is 0.333 bits per heavy atom. The van der Waals surface area contributed by atoms with Crippen LogP contribution in [0.15, 0.2) is 229 Å². The molecule has 0 saturated carbocycles. The molecule has 0 amide bonds. The van der Waals surface area contributed by atoms with Crippen molar-refractivity contribution in [2.24, 2.45) is 0 Å². The van der Waals surface area contributed by atoms with Crippen LogP contribution in [0.4, 0.5) is 17.1 Å². The van der Waals surface area contributed by atoms with Gasteiger partial charge in [-0.15, -0.1) is 0 Å². The molecule has 0 atom stereocenters. The minimum atomic E-state index is -0.563. The second kappa shape index (κ2) is 13.4. The first-order chi connectivity index (χ1) is 28.3. The minimum absolute atomic E-state index is 0.563. The van der Waals surface area contributed by atoms with Crippen LogP contribution in [0.1, 0.15) is 22.3 Å². The highest BCUT2D eigenvalue weighted by Crippen LogP contribution is 2.57. The number of anilines is 3. The average Bonchev–Trinajstić information content (AvgIpc) is 3.81. The number of rotatable bonds is 7. The van der Waals surface area contributed by atoms with E-state index in [0.29, 0.717) is 0 Å². The maximum atomic E-state index is 7.19. The minimum Gasteiger partial charge on any atom is -0.456 e. The molecule has 0 bridgehead atoms. The van der Waals surface area contributed by atoms with Crippen molar-refractivity contribution in [2.75, 3.05) is 4.90 Å². The smallest absolute Gasteiger partial charge is 0.140 e. The Hall–Kier alpha value is -7.42. The van der Waals surface area contributed by atoms with E-state index in [0.717, 1.165) is 55.7 Å². The molecule has 0 aliphatic heterocycles. The van der Waals surface area contributed by atoms with Gasteiger partial charge >= 0.3 is 0 Å². The fraction of sp³-hybridized carbons (Fsp3) is 0.0182. The predicted molar refractivity (Wildman–Crippen MR) is 237 cm³/mol. The van der Waals surface area contributed by atoms with Crippen molar-refractivity contribution < 1.29 is 4.42 Å². The van der Waals surface area contributed by atoms with E-state index in [-0.39, 0.29) is 0 Å². The average molecular weight is 728 g/mol. The summed E-state index contributed by atoms with van der Waals surface area (Å²) in [4.78, 5) is 2.35. The zero-order valence-corrected chi connectivity index (χ0v) is 31.2. The van der Waals surface area contributed by atoms with E-state index in [1.54, 1.807) is 0 Å². The second-order valence-corrected chi connectivity index (χ2v) is 14.8. The van der Waals surface area contributed by atoms with Crippen LogP contribution in [-0.2, 0) is 5.41 Å². The third-order valence-corrected chi connectivity index (χ3v) is 11.7. The summed E-state index contributed by atoms with van der Waals surface area (Å²) in [6, 6.07) is 80.9. The Morgan fingerprint density at radius 3 is 1.40 bits per heavy atom. The lowest BCUT2D eigenvalue weighted by Gasteiger charge is -2.33. The van der Waals surface area contributed by atoms with E-state index in [9.17, 15) is 0 Å². The quantitative estimate of drug-likeness (QED) is 0.163. The number of para-hydroxylation sites is 1. The van der Waals surface area contributed by atoms with E-state index >= 15 is 0 Å². The van der Waals surface area contributed by atoms with E-state index in [4.69, 9.17) is 4.42 Å².